The van der Waals surface area contributed by atoms with E-state index in [9.17, 15) is 54.0 Å². The number of rotatable bonds is 27. The minimum absolute atomic E-state index is 0.00107. The van der Waals surface area contributed by atoms with Crippen LogP contribution < -0.4 is 35.6 Å². The van der Waals surface area contributed by atoms with Crippen LogP contribution in [0.4, 0.5) is 24.5 Å². The second-order valence-electron chi connectivity index (χ2n) is 29.9. The fourth-order valence-corrected chi connectivity index (χ4v) is 18.3. The first-order chi connectivity index (χ1) is 49.9. The number of ether oxygens (including phenoxy) is 2. The number of alkyl halides is 3. The summed E-state index contributed by atoms with van der Waals surface area (Å²) >= 11 is 7.64. The van der Waals surface area contributed by atoms with E-state index in [1.54, 1.807) is 26.1 Å². The molecule has 5 aromatic carbocycles. The van der Waals surface area contributed by atoms with Gasteiger partial charge in [0.05, 0.1) is 35.9 Å². The Kier molecular flexibility index (Phi) is 25.5. The minimum Gasteiger partial charge on any atom is -0.494 e. The molecule has 5 amide bonds. The SMILES string of the molecule is CNC(C)C(=O)NC1CCOC2CC(C)(C)C(C(=O)NC3CCCc4cc(OCCCCC(=O)N5CCN(CCC(CSc6ccccc6)Nc6ccc(S(=O)(=O)NC(=O)c7ccc(N8CCN(CC9=C(c%10ccc(Cl)cc%10)CCC(C)(C)C9)CC8)cc7)cc6S(=O)(=O)C(F)(F)F)CC5)ccc43)N2C1=O. The van der Waals surface area contributed by atoms with Gasteiger partial charge < -0.3 is 45.4 Å². The summed E-state index contributed by atoms with van der Waals surface area (Å²) < 4.78 is 113. The molecule has 105 heavy (non-hydrogen) atoms. The van der Waals surface area contributed by atoms with Gasteiger partial charge in [0.15, 0.2) is 0 Å². The van der Waals surface area contributed by atoms with Crippen LogP contribution in [0.5, 0.6) is 5.75 Å². The highest BCUT2D eigenvalue weighted by Crippen LogP contribution is 2.46. The molecule has 4 aliphatic heterocycles. The third-order valence-electron chi connectivity index (χ3n) is 21.3. The van der Waals surface area contributed by atoms with Gasteiger partial charge in [0.25, 0.3) is 25.8 Å². The zero-order chi connectivity index (χ0) is 75.0. The fourth-order valence-electron chi connectivity index (χ4n) is 15.2. The molecule has 568 valence electrons. The molecule has 0 radical (unpaired) electrons. The Morgan fingerprint density at radius 1 is 0.800 bits per heavy atom. The first-order valence-corrected chi connectivity index (χ1v) is 40.8. The Hall–Kier alpha value is -7.24. The maximum atomic E-state index is 14.6. The lowest BCUT2D eigenvalue weighted by molar-refractivity contribution is -0.150. The second-order valence-corrected chi connectivity index (χ2v) is 35.0. The van der Waals surface area contributed by atoms with Crippen LogP contribution in [0.1, 0.15) is 138 Å². The molecule has 0 aromatic heterocycles. The number of sulfonamides is 1. The summed E-state index contributed by atoms with van der Waals surface area (Å²) in [7, 11) is -9.43. The van der Waals surface area contributed by atoms with E-state index in [4.69, 9.17) is 21.1 Å². The topological polar surface area (TPSA) is 248 Å². The maximum absolute atomic E-state index is 14.6. The summed E-state index contributed by atoms with van der Waals surface area (Å²) in [4.78, 5) is 77.2. The number of likely N-dealkylation sites (N-methyl/N-ethyl adjacent to an activating group) is 1. The van der Waals surface area contributed by atoms with E-state index in [0.29, 0.717) is 108 Å². The van der Waals surface area contributed by atoms with Gasteiger partial charge in [-0.3, -0.25) is 33.8 Å². The predicted molar refractivity (Wildman–Crippen MR) is 401 cm³/mol. The number of sulfone groups is 1. The number of thioether (sulfide) groups is 1. The number of hydrogen-bond donors (Lipinski definition) is 5. The zero-order valence-corrected chi connectivity index (χ0v) is 63.8. The molecule has 0 saturated carbocycles. The van der Waals surface area contributed by atoms with Crippen molar-refractivity contribution in [3.63, 3.8) is 0 Å². The van der Waals surface area contributed by atoms with E-state index < -0.39 is 82.6 Å². The number of aryl methyl sites for hydroxylation is 1. The number of allylic oxidation sites excluding steroid dienone is 1. The Balaban J connectivity index is 0.650. The molecule has 0 bridgehead atoms. The maximum Gasteiger partial charge on any atom is 0.501 e. The number of halogens is 4. The van der Waals surface area contributed by atoms with Gasteiger partial charge in [0, 0.05) is 111 Å². The third-order valence-corrected chi connectivity index (χ3v) is 25.6. The average molecular weight is 1530 g/mol. The van der Waals surface area contributed by atoms with Crippen LogP contribution in [0, 0.1) is 10.8 Å². The Labute approximate surface area is 624 Å². The Morgan fingerprint density at radius 3 is 2.22 bits per heavy atom. The van der Waals surface area contributed by atoms with Gasteiger partial charge in [0.1, 0.15) is 29.0 Å². The normalized spacial score (nSPS) is 21.5. The number of unbranched alkanes of at least 4 members (excludes halogenated alkanes) is 1. The van der Waals surface area contributed by atoms with Crippen LogP contribution in [0.3, 0.4) is 0 Å². The average Bonchev–Trinajstić information content (AvgIpc) is 1.69. The number of piperazine rings is 2. The predicted octanol–water partition coefficient (Wildman–Crippen LogP) is 10.9. The van der Waals surface area contributed by atoms with Crippen LogP contribution in [0.15, 0.2) is 136 Å². The monoisotopic (exact) mass is 1530 g/mol. The molecular weight excluding hydrogens is 1430 g/mol. The molecule has 2 aliphatic carbocycles. The number of hydrogen-bond acceptors (Lipinski definition) is 17. The molecule has 6 atom stereocenters. The molecule has 4 heterocycles. The van der Waals surface area contributed by atoms with Crippen LogP contribution in [0.2, 0.25) is 5.02 Å². The molecule has 4 fully saturated rings. The van der Waals surface area contributed by atoms with Crippen molar-refractivity contribution in [1.29, 1.82) is 0 Å². The van der Waals surface area contributed by atoms with Gasteiger partial charge >= 0.3 is 5.51 Å². The van der Waals surface area contributed by atoms with Crippen LogP contribution >= 0.6 is 23.4 Å². The van der Waals surface area contributed by atoms with Crippen molar-refractivity contribution < 1.29 is 63.5 Å². The molecule has 11 rings (SSSR count). The van der Waals surface area contributed by atoms with Gasteiger partial charge in [-0.25, -0.2) is 21.6 Å². The standard InChI is InChI=1S/C77H98ClF3N10O11S3/c1-51(82-6)71(93)85-66-32-44-102-69-48-76(4,5)70(91(69)74(66)96)73(95)84-64-16-12-13-54-45-59(26-28-63(54)64)101-43-11-10-17-68(92)90-41-35-87(36-42-90)34-31-57(50-103-60-14-8-7-9-15-60)83-65-29-27-61(46-67(65)104(97,98)77(79,80)81)105(99,100)86-72(94)53-20-24-58(25-21-53)89-39-37-88(38-40-89)49-55-47-75(2,3)33-30-62(55)52-18-22-56(78)23-19-52/h7-9,14-15,18-29,45-46,51,57,64,66,69-70,82-83H,10-13,16-17,30-44,47-50H2,1-6H3,(H,84,95)(H,85,93)(H,86,94). The molecule has 28 heteroatoms. The van der Waals surface area contributed by atoms with Gasteiger partial charge in [-0.2, -0.15) is 13.2 Å². The summed E-state index contributed by atoms with van der Waals surface area (Å²) in [5.74, 6) is -1.00. The van der Waals surface area contributed by atoms with E-state index in [2.05, 4.69) is 61.9 Å². The number of anilines is 2. The van der Waals surface area contributed by atoms with Gasteiger partial charge in [-0.05, 0) is 190 Å². The highest BCUT2D eigenvalue weighted by atomic mass is 35.5. The highest BCUT2D eigenvalue weighted by molar-refractivity contribution is 7.99. The molecule has 5 N–H and O–H groups in total. The fraction of sp³-hybridized carbons (Fsp3) is 0.519. The van der Waals surface area contributed by atoms with Gasteiger partial charge in [-0.1, -0.05) is 81.3 Å². The number of carbonyl (C=O) groups excluding carboxylic acids is 5. The van der Waals surface area contributed by atoms with Crippen molar-refractivity contribution in [2.45, 2.75) is 168 Å². The summed E-state index contributed by atoms with van der Waals surface area (Å²) in [6, 6.07) is 28.9. The molecule has 4 saturated heterocycles. The lowest BCUT2D eigenvalue weighted by atomic mass is 9.73. The Morgan fingerprint density at radius 2 is 1.51 bits per heavy atom. The second kappa shape index (κ2) is 33.9. The summed E-state index contributed by atoms with van der Waals surface area (Å²) in [6.07, 6.45) is 7.46. The molecule has 6 unspecified atom stereocenters. The van der Waals surface area contributed by atoms with Crippen LogP contribution in [-0.2, 0) is 50.2 Å². The van der Waals surface area contributed by atoms with E-state index in [-0.39, 0.29) is 53.0 Å². The van der Waals surface area contributed by atoms with Crippen LogP contribution in [0.25, 0.3) is 5.57 Å². The van der Waals surface area contributed by atoms with Crippen molar-refractivity contribution >= 4 is 89.7 Å². The van der Waals surface area contributed by atoms with Crippen molar-refractivity contribution in [2.75, 3.05) is 102 Å². The quantitative estimate of drug-likeness (QED) is 0.0242. The third kappa shape index (κ3) is 19.6. The van der Waals surface area contributed by atoms with Crippen molar-refractivity contribution in [3.8, 4) is 5.75 Å². The molecule has 21 nitrogen and oxygen atoms in total. The van der Waals surface area contributed by atoms with E-state index in [1.807, 2.05) is 84.1 Å². The number of nitrogens with zero attached hydrogens (tertiary/aromatic N) is 5. The number of fused-ring (bicyclic) bond motifs is 2. The molecule has 0 spiro atoms. The lowest BCUT2D eigenvalue weighted by Gasteiger charge is -2.39. The largest absolute Gasteiger partial charge is 0.501 e. The van der Waals surface area contributed by atoms with Gasteiger partial charge in [-0.15, -0.1) is 11.8 Å². The van der Waals surface area contributed by atoms with Crippen molar-refractivity contribution in [3.05, 3.63) is 148 Å². The van der Waals surface area contributed by atoms with Gasteiger partial charge in [0.2, 0.25) is 23.6 Å². The Bertz CT molecular complexity index is 4200. The number of nitrogens with one attached hydrogen (secondary N) is 5. The van der Waals surface area contributed by atoms with Crippen molar-refractivity contribution in [2.24, 2.45) is 10.8 Å². The summed E-state index contributed by atoms with van der Waals surface area (Å²) in [5.41, 5.74) is 0.154. The highest BCUT2D eigenvalue weighted by Gasteiger charge is 2.55. The number of amides is 5. The number of carbonyl (C=O) groups is 5. The molecule has 6 aliphatic rings. The zero-order valence-electron chi connectivity index (χ0n) is 60.6. The van der Waals surface area contributed by atoms with Crippen molar-refractivity contribution in [1.82, 2.24) is 40.3 Å². The minimum atomic E-state index is -6.17. The molecule has 5 aromatic rings. The first-order valence-electron chi connectivity index (χ1n) is 36.4. The lowest BCUT2D eigenvalue weighted by Crippen LogP contribution is -2.58. The van der Waals surface area contributed by atoms with E-state index >= 15 is 0 Å². The summed E-state index contributed by atoms with van der Waals surface area (Å²) in [5, 5.41) is 12.8. The first kappa shape index (κ1) is 78.8. The molecular formula is C77H98ClF3N10O11S3. The summed E-state index contributed by atoms with van der Waals surface area (Å²) in [6.45, 7) is 17.1. The number of benzene rings is 5. The smallest absolute Gasteiger partial charge is 0.494 e. The van der Waals surface area contributed by atoms with E-state index in [0.717, 1.165) is 92.0 Å². The van der Waals surface area contributed by atoms with E-state index in [1.165, 1.54) is 45.5 Å². The van der Waals surface area contributed by atoms with Crippen LogP contribution in [-0.4, -0.2) is 193 Å².